The minimum absolute atomic E-state index is 0.0989. The SMILES string of the molecule is COc1ccc(N2CCN(Cc3noc(C(C)(C)C)n3)CC2)cc1. The summed E-state index contributed by atoms with van der Waals surface area (Å²) in [6.07, 6.45) is 0. The van der Waals surface area contributed by atoms with Crippen molar-refractivity contribution in [1.29, 1.82) is 0 Å². The lowest BCUT2D eigenvalue weighted by atomic mass is 9.97. The zero-order chi connectivity index (χ0) is 17.2. The number of methoxy groups -OCH3 is 1. The topological polar surface area (TPSA) is 54.6 Å². The minimum Gasteiger partial charge on any atom is -0.497 e. The normalized spacial score (nSPS) is 16.4. The third kappa shape index (κ3) is 3.87. The van der Waals surface area contributed by atoms with Crippen LogP contribution >= 0.6 is 0 Å². The van der Waals surface area contributed by atoms with Gasteiger partial charge >= 0.3 is 0 Å². The van der Waals surface area contributed by atoms with Crippen molar-refractivity contribution in [3.63, 3.8) is 0 Å². The highest BCUT2D eigenvalue weighted by atomic mass is 16.5. The Kier molecular flexibility index (Phi) is 4.76. The summed E-state index contributed by atoms with van der Waals surface area (Å²) in [7, 11) is 1.69. The molecule has 0 aliphatic carbocycles. The summed E-state index contributed by atoms with van der Waals surface area (Å²) in [5.41, 5.74) is 1.14. The molecule has 1 aliphatic rings. The minimum atomic E-state index is -0.0989. The van der Waals surface area contributed by atoms with Gasteiger partial charge in [0.05, 0.1) is 13.7 Å². The van der Waals surface area contributed by atoms with Crippen LogP contribution in [0.4, 0.5) is 5.69 Å². The highest BCUT2D eigenvalue weighted by molar-refractivity contribution is 5.49. The van der Waals surface area contributed by atoms with Crippen molar-refractivity contribution in [1.82, 2.24) is 15.0 Å². The molecule has 0 amide bonds. The molecule has 6 heteroatoms. The van der Waals surface area contributed by atoms with Crippen molar-refractivity contribution >= 4 is 5.69 Å². The lowest BCUT2D eigenvalue weighted by molar-refractivity contribution is 0.239. The number of rotatable bonds is 4. The fourth-order valence-corrected chi connectivity index (χ4v) is 2.78. The largest absolute Gasteiger partial charge is 0.497 e. The quantitative estimate of drug-likeness (QED) is 0.859. The molecule has 130 valence electrons. The average molecular weight is 330 g/mol. The van der Waals surface area contributed by atoms with Gasteiger partial charge < -0.3 is 14.2 Å². The predicted octanol–water partition coefficient (Wildman–Crippen LogP) is 2.70. The van der Waals surface area contributed by atoms with Gasteiger partial charge in [-0.2, -0.15) is 4.98 Å². The first-order valence-electron chi connectivity index (χ1n) is 8.40. The van der Waals surface area contributed by atoms with Crippen molar-refractivity contribution in [3.05, 3.63) is 36.0 Å². The summed E-state index contributed by atoms with van der Waals surface area (Å²) in [6.45, 7) is 11.0. The molecule has 24 heavy (non-hydrogen) atoms. The first-order valence-corrected chi connectivity index (χ1v) is 8.40. The van der Waals surface area contributed by atoms with Crippen LogP contribution in [0.15, 0.2) is 28.8 Å². The molecule has 0 N–H and O–H groups in total. The summed E-state index contributed by atoms with van der Waals surface area (Å²) in [5, 5.41) is 4.12. The van der Waals surface area contributed by atoms with Crippen LogP contribution in [0.2, 0.25) is 0 Å². The second-order valence-corrected chi connectivity index (χ2v) is 7.23. The maximum absolute atomic E-state index is 5.37. The highest BCUT2D eigenvalue weighted by Crippen LogP contribution is 2.22. The second-order valence-electron chi connectivity index (χ2n) is 7.23. The molecular weight excluding hydrogens is 304 g/mol. The van der Waals surface area contributed by atoms with E-state index in [1.54, 1.807) is 7.11 Å². The number of anilines is 1. The van der Waals surface area contributed by atoms with Gasteiger partial charge in [-0.1, -0.05) is 25.9 Å². The number of hydrogen-bond acceptors (Lipinski definition) is 6. The Morgan fingerprint density at radius 3 is 2.29 bits per heavy atom. The van der Waals surface area contributed by atoms with Gasteiger partial charge in [0, 0.05) is 37.3 Å². The lowest BCUT2D eigenvalue weighted by Crippen LogP contribution is -2.46. The molecule has 0 bridgehead atoms. The van der Waals surface area contributed by atoms with Gasteiger partial charge in [0.15, 0.2) is 5.82 Å². The molecule has 3 rings (SSSR count). The third-order valence-corrected chi connectivity index (χ3v) is 4.28. The molecule has 1 saturated heterocycles. The molecule has 0 unspecified atom stereocenters. The van der Waals surface area contributed by atoms with Crippen LogP contribution in [-0.4, -0.2) is 48.3 Å². The van der Waals surface area contributed by atoms with E-state index < -0.39 is 0 Å². The Bertz CT molecular complexity index is 652. The Labute approximate surface area is 143 Å². The molecule has 1 aromatic heterocycles. The number of hydrogen-bond donors (Lipinski definition) is 0. The number of ether oxygens (including phenoxy) is 1. The van der Waals surface area contributed by atoms with E-state index in [9.17, 15) is 0 Å². The summed E-state index contributed by atoms with van der Waals surface area (Å²) in [4.78, 5) is 9.29. The number of nitrogens with zero attached hydrogens (tertiary/aromatic N) is 4. The summed E-state index contributed by atoms with van der Waals surface area (Å²) in [6, 6.07) is 8.25. The Hall–Kier alpha value is -2.08. The molecule has 0 saturated carbocycles. The van der Waals surface area contributed by atoms with Crippen molar-refractivity contribution < 1.29 is 9.26 Å². The summed E-state index contributed by atoms with van der Waals surface area (Å²) >= 11 is 0. The van der Waals surface area contributed by atoms with E-state index in [0.717, 1.165) is 44.3 Å². The van der Waals surface area contributed by atoms with Gasteiger partial charge in [0.25, 0.3) is 0 Å². The van der Waals surface area contributed by atoms with Gasteiger partial charge in [0.1, 0.15) is 5.75 Å². The van der Waals surface area contributed by atoms with Gasteiger partial charge in [-0.15, -0.1) is 0 Å². The average Bonchev–Trinajstić information content (AvgIpc) is 3.05. The van der Waals surface area contributed by atoms with Gasteiger partial charge in [-0.05, 0) is 24.3 Å². The van der Waals surface area contributed by atoms with Gasteiger partial charge in [0.2, 0.25) is 5.89 Å². The monoisotopic (exact) mass is 330 g/mol. The third-order valence-electron chi connectivity index (χ3n) is 4.28. The van der Waals surface area contributed by atoms with Crippen LogP contribution in [-0.2, 0) is 12.0 Å². The fourth-order valence-electron chi connectivity index (χ4n) is 2.78. The Morgan fingerprint density at radius 1 is 1.08 bits per heavy atom. The molecule has 0 atom stereocenters. The maximum atomic E-state index is 5.37. The first kappa shape index (κ1) is 16.8. The number of piperazine rings is 1. The molecular formula is C18H26N4O2. The molecule has 0 spiro atoms. The Balaban J connectivity index is 1.54. The molecule has 2 aromatic rings. The predicted molar refractivity (Wildman–Crippen MR) is 93.5 cm³/mol. The molecule has 1 fully saturated rings. The zero-order valence-electron chi connectivity index (χ0n) is 15.0. The summed E-state index contributed by atoms with van der Waals surface area (Å²) < 4.78 is 10.6. The van der Waals surface area contributed by atoms with Gasteiger partial charge in [-0.3, -0.25) is 4.90 Å². The Morgan fingerprint density at radius 2 is 1.75 bits per heavy atom. The van der Waals surface area contributed by atoms with E-state index >= 15 is 0 Å². The van der Waals surface area contributed by atoms with Crippen molar-refractivity contribution in [3.8, 4) is 5.75 Å². The first-order chi connectivity index (χ1) is 11.5. The number of benzene rings is 1. The maximum Gasteiger partial charge on any atom is 0.232 e. The van der Waals surface area contributed by atoms with Crippen LogP contribution in [0.1, 0.15) is 32.5 Å². The van der Waals surface area contributed by atoms with E-state index in [1.165, 1.54) is 5.69 Å². The van der Waals surface area contributed by atoms with Crippen LogP contribution in [0.3, 0.4) is 0 Å². The smallest absolute Gasteiger partial charge is 0.232 e. The van der Waals surface area contributed by atoms with E-state index in [0.29, 0.717) is 5.89 Å². The number of aromatic nitrogens is 2. The van der Waals surface area contributed by atoms with E-state index in [2.05, 4.69) is 52.8 Å². The molecule has 1 aromatic carbocycles. The fraction of sp³-hybridized carbons (Fsp3) is 0.556. The van der Waals surface area contributed by atoms with Crippen molar-refractivity contribution in [2.45, 2.75) is 32.7 Å². The zero-order valence-corrected chi connectivity index (χ0v) is 15.0. The lowest BCUT2D eigenvalue weighted by Gasteiger charge is -2.35. The van der Waals surface area contributed by atoms with Gasteiger partial charge in [-0.25, -0.2) is 0 Å². The van der Waals surface area contributed by atoms with Crippen LogP contribution in [0.25, 0.3) is 0 Å². The van der Waals surface area contributed by atoms with Crippen molar-refractivity contribution in [2.75, 3.05) is 38.2 Å². The standard InChI is InChI=1S/C18H26N4O2/c1-18(2,3)17-19-16(20-24-17)13-21-9-11-22(12-10-21)14-5-7-15(23-4)8-6-14/h5-8H,9-13H2,1-4H3. The second kappa shape index (κ2) is 6.81. The van der Waals surface area contributed by atoms with Crippen molar-refractivity contribution in [2.24, 2.45) is 0 Å². The van der Waals surface area contributed by atoms with Crippen LogP contribution in [0.5, 0.6) is 5.75 Å². The van der Waals surface area contributed by atoms with E-state index in [-0.39, 0.29) is 5.41 Å². The highest BCUT2D eigenvalue weighted by Gasteiger charge is 2.23. The molecule has 1 aliphatic heterocycles. The van der Waals surface area contributed by atoms with E-state index in [1.807, 2.05) is 12.1 Å². The molecule has 6 nitrogen and oxygen atoms in total. The summed E-state index contributed by atoms with van der Waals surface area (Å²) in [5.74, 6) is 2.37. The molecule has 0 radical (unpaired) electrons. The van der Waals surface area contributed by atoms with E-state index in [4.69, 9.17) is 9.26 Å². The van der Waals surface area contributed by atoms with Crippen LogP contribution in [0, 0.1) is 0 Å². The van der Waals surface area contributed by atoms with Crippen LogP contribution < -0.4 is 9.64 Å². The molecule has 2 heterocycles.